The zero-order valence-corrected chi connectivity index (χ0v) is 17.7. The molecule has 0 spiro atoms. The van der Waals surface area contributed by atoms with Gasteiger partial charge in [-0.3, -0.25) is 4.40 Å². The number of pyridine rings is 2. The molecule has 7 nitrogen and oxygen atoms in total. The van der Waals surface area contributed by atoms with Crippen molar-refractivity contribution < 1.29 is 14.3 Å². The Morgan fingerprint density at radius 2 is 2.00 bits per heavy atom. The zero-order valence-electron chi connectivity index (χ0n) is 17.0. The van der Waals surface area contributed by atoms with Crippen molar-refractivity contribution in [3.8, 4) is 17.3 Å². The van der Waals surface area contributed by atoms with Crippen LogP contribution in [0.25, 0.3) is 28.1 Å². The van der Waals surface area contributed by atoms with Crippen molar-refractivity contribution in [2.24, 2.45) is 5.92 Å². The highest BCUT2D eigenvalue weighted by Crippen LogP contribution is 2.37. The molecule has 5 rings (SSSR count). The van der Waals surface area contributed by atoms with Crippen molar-refractivity contribution in [3.05, 3.63) is 46.7 Å². The van der Waals surface area contributed by atoms with Gasteiger partial charge in [0.15, 0.2) is 5.88 Å². The number of imidazole rings is 1. The Hall–Kier alpha value is -3.06. The molecule has 4 heterocycles. The molecular formula is C22H21ClN4O3. The summed E-state index contributed by atoms with van der Waals surface area (Å²) in [6.07, 6.45) is 2.44. The maximum Gasteiger partial charge on any atom is 0.338 e. The molecule has 8 heteroatoms. The monoisotopic (exact) mass is 424 g/mol. The number of aromatic nitrogens is 4. The number of carbonyl (C=O) groups excluding carboxylic acids is 1. The lowest BCUT2D eigenvalue weighted by Crippen LogP contribution is -2.05. The molecule has 1 saturated carbocycles. The molecule has 0 aromatic carbocycles. The van der Waals surface area contributed by atoms with Crippen molar-refractivity contribution >= 4 is 34.3 Å². The average Bonchev–Trinajstić information content (AvgIpc) is 3.42. The maximum atomic E-state index is 12.1. The van der Waals surface area contributed by atoms with Gasteiger partial charge in [0.1, 0.15) is 22.1 Å². The van der Waals surface area contributed by atoms with Crippen LogP contribution in [0.5, 0.6) is 5.88 Å². The van der Waals surface area contributed by atoms with E-state index in [1.165, 1.54) is 20.0 Å². The number of methoxy groups -OCH3 is 2. The van der Waals surface area contributed by atoms with Crippen molar-refractivity contribution in [2.75, 3.05) is 14.2 Å². The average molecular weight is 425 g/mol. The first-order chi connectivity index (χ1) is 14.5. The second kappa shape index (κ2) is 7.02. The fourth-order valence-corrected chi connectivity index (χ4v) is 4.09. The van der Waals surface area contributed by atoms with Crippen LogP contribution in [0, 0.1) is 12.8 Å². The van der Waals surface area contributed by atoms with E-state index in [-0.39, 0.29) is 0 Å². The number of carbonyl (C=O) groups is 1. The minimum Gasteiger partial charge on any atom is -0.482 e. The SMILES string of the molecule is COC(=O)c1cc(OC)n2c(C)c(-c3cc4ccc(Cl)nc4n3CC3CC3)nc2c1. The molecule has 0 bridgehead atoms. The van der Waals surface area contributed by atoms with E-state index in [1.807, 2.05) is 17.4 Å². The summed E-state index contributed by atoms with van der Waals surface area (Å²) in [4.78, 5) is 21.5. The zero-order chi connectivity index (χ0) is 21.0. The first-order valence-corrected chi connectivity index (χ1v) is 10.2. The van der Waals surface area contributed by atoms with Gasteiger partial charge in [-0.1, -0.05) is 11.6 Å². The summed E-state index contributed by atoms with van der Waals surface area (Å²) in [6.45, 7) is 2.87. The smallest absolute Gasteiger partial charge is 0.338 e. The Morgan fingerprint density at radius 1 is 1.20 bits per heavy atom. The molecule has 0 unspecified atom stereocenters. The second-order valence-electron chi connectivity index (χ2n) is 7.65. The molecule has 0 saturated heterocycles. The van der Waals surface area contributed by atoms with Gasteiger partial charge in [0.05, 0.1) is 31.2 Å². The third-order valence-electron chi connectivity index (χ3n) is 5.64. The molecule has 154 valence electrons. The first kappa shape index (κ1) is 18.9. The van der Waals surface area contributed by atoms with Gasteiger partial charge in [-0.25, -0.2) is 14.8 Å². The van der Waals surface area contributed by atoms with Crippen molar-refractivity contribution in [3.63, 3.8) is 0 Å². The van der Waals surface area contributed by atoms with Crippen molar-refractivity contribution in [2.45, 2.75) is 26.3 Å². The normalized spacial score (nSPS) is 13.9. The van der Waals surface area contributed by atoms with Crippen LogP contribution in [0.3, 0.4) is 0 Å². The number of aryl methyl sites for hydroxylation is 1. The lowest BCUT2D eigenvalue weighted by Gasteiger charge is -2.10. The molecule has 0 amide bonds. The van der Waals surface area contributed by atoms with Gasteiger partial charge in [0.2, 0.25) is 0 Å². The van der Waals surface area contributed by atoms with Gasteiger partial charge < -0.3 is 14.0 Å². The van der Waals surface area contributed by atoms with Gasteiger partial charge in [-0.2, -0.15) is 0 Å². The second-order valence-corrected chi connectivity index (χ2v) is 8.04. The molecule has 0 atom stereocenters. The summed E-state index contributed by atoms with van der Waals surface area (Å²) in [6, 6.07) is 9.27. The predicted molar refractivity (Wildman–Crippen MR) is 114 cm³/mol. The molecule has 0 N–H and O–H groups in total. The number of hydrogen-bond donors (Lipinski definition) is 0. The topological polar surface area (TPSA) is 70.7 Å². The molecule has 30 heavy (non-hydrogen) atoms. The first-order valence-electron chi connectivity index (χ1n) is 9.81. The number of halogens is 1. The van der Waals surface area contributed by atoms with E-state index >= 15 is 0 Å². The number of fused-ring (bicyclic) bond motifs is 2. The van der Waals surface area contributed by atoms with E-state index in [1.54, 1.807) is 25.3 Å². The van der Waals surface area contributed by atoms with Crippen LogP contribution in [-0.2, 0) is 11.3 Å². The summed E-state index contributed by atoms with van der Waals surface area (Å²) < 4.78 is 14.5. The quantitative estimate of drug-likeness (QED) is 0.348. The Labute approximate surface area is 178 Å². The van der Waals surface area contributed by atoms with Crippen LogP contribution in [0.2, 0.25) is 5.15 Å². The molecule has 4 aromatic heterocycles. The minimum atomic E-state index is -0.431. The Kier molecular flexibility index (Phi) is 4.43. The van der Waals surface area contributed by atoms with E-state index < -0.39 is 5.97 Å². The lowest BCUT2D eigenvalue weighted by atomic mass is 10.2. The van der Waals surface area contributed by atoms with E-state index in [4.69, 9.17) is 26.1 Å². The van der Waals surface area contributed by atoms with Gasteiger partial charge in [0, 0.05) is 18.0 Å². The summed E-state index contributed by atoms with van der Waals surface area (Å²) >= 11 is 6.19. The summed E-state index contributed by atoms with van der Waals surface area (Å²) in [5.41, 5.74) is 4.61. The number of ether oxygens (including phenoxy) is 2. The standard InChI is InChI=1S/C22H21ClN4O3/c1-12-20(25-18-9-15(22(28)30-3)10-19(29-2)27(12)18)16-8-14-6-7-17(23)24-21(14)26(16)11-13-4-5-13/h6-10,13H,4-5,11H2,1-3H3. The van der Waals surface area contributed by atoms with Crippen LogP contribution in [0.1, 0.15) is 28.9 Å². The fourth-order valence-electron chi connectivity index (χ4n) is 3.95. The lowest BCUT2D eigenvalue weighted by molar-refractivity contribution is 0.0600. The van der Waals surface area contributed by atoms with Gasteiger partial charge in [-0.15, -0.1) is 0 Å². The Bertz CT molecular complexity index is 1300. The van der Waals surface area contributed by atoms with Crippen LogP contribution < -0.4 is 4.74 Å². The summed E-state index contributed by atoms with van der Waals surface area (Å²) in [7, 11) is 2.93. The highest BCUT2D eigenvalue weighted by molar-refractivity contribution is 6.29. The molecule has 0 radical (unpaired) electrons. The third-order valence-corrected chi connectivity index (χ3v) is 5.85. The van der Waals surface area contributed by atoms with Crippen LogP contribution in [0.4, 0.5) is 0 Å². The predicted octanol–water partition coefficient (Wildman–Crippen LogP) is 4.52. The number of nitrogens with zero attached hydrogens (tertiary/aromatic N) is 4. The van der Waals surface area contributed by atoms with E-state index in [2.05, 4.69) is 15.6 Å². The Balaban J connectivity index is 1.76. The van der Waals surface area contributed by atoms with Crippen molar-refractivity contribution in [1.29, 1.82) is 0 Å². The highest BCUT2D eigenvalue weighted by Gasteiger charge is 2.26. The molecule has 0 aliphatic heterocycles. The van der Waals surface area contributed by atoms with E-state index in [0.29, 0.717) is 28.2 Å². The fraction of sp³-hybridized carbons (Fsp3) is 0.318. The van der Waals surface area contributed by atoms with E-state index in [0.717, 1.165) is 34.7 Å². The largest absolute Gasteiger partial charge is 0.482 e. The molecule has 1 fully saturated rings. The number of hydrogen-bond acceptors (Lipinski definition) is 5. The molecule has 1 aliphatic rings. The van der Waals surface area contributed by atoms with Crippen molar-refractivity contribution in [1.82, 2.24) is 18.9 Å². The van der Waals surface area contributed by atoms with Gasteiger partial charge in [-0.05, 0) is 49.9 Å². The Morgan fingerprint density at radius 3 is 2.70 bits per heavy atom. The summed E-state index contributed by atoms with van der Waals surface area (Å²) in [5.74, 6) is 0.743. The molecule has 1 aliphatic carbocycles. The summed E-state index contributed by atoms with van der Waals surface area (Å²) in [5, 5.41) is 1.49. The molecular weight excluding hydrogens is 404 g/mol. The molecule has 4 aromatic rings. The highest BCUT2D eigenvalue weighted by atomic mass is 35.5. The van der Waals surface area contributed by atoms with Crippen LogP contribution in [-0.4, -0.2) is 39.1 Å². The van der Waals surface area contributed by atoms with Crippen LogP contribution >= 0.6 is 11.6 Å². The number of esters is 1. The minimum absolute atomic E-state index is 0.394. The van der Waals surface area contributed by atoms with Gasteiger partial charge >= 0.3 is 5.97 Å². The third kappa shape index (κ3) is 3.01. The van der Waals surface area contributed by atoms with E-state index in [9.17, 15) is 4.79 Å². The maximum absolute atomic E-state index is 12.1. The van der Waals surface area contributed by atoms with Gasteiger partial charge in [0.25, 0.3) is 0 Å². The van der Waals surface area contributed by atoms with Crippen LogP contribution in [0.15, 0.2) is 30.3 Å². The number of rotatable bonds is 5.